The maximum Gasteiger partial charge on any atom is 0.211 e. The van der Waals surface area contributed by atoms with Crippen LogP contribution in [0.15, 0.2) is 52.7 Å². The zero-order chi connectivity index (χ0) is 20.4. The van der Waals surface area contributed by atoms with Crippen LogP contribution >= 0.6 is 11.6 Å². The number of benzene rings is 2. The first-order valence-electron chi connectivity index (χ1n) is 9.77. The molecule has 0 bridgehead atoms. The zero-order valence-electron chi connectivity index (χ0n) is 16.0. The number of guanidine groups is 1. The van der Waals surface area contributed by atoms with Crippen LogP contribution in [0.5, 0.6) is 0 Å². The van der Waals surface area contributed by atoms with E-state index in [4.69, 9.17) is 23.1 Å². The van der Waals surface area contributed by atoms with E-state index < -0.39 is 5.82 Å². The maximum absolute atomic E-state index is 13.8. The van der Waals surface area contributed by atoms with Gasteiger partial charge in [0.25, 0.3) is 0 Å². The number of hydrogen-bond acceptors (Lipinski definition) is 2. The van der Waals surface area contributed by atoms with Gasteiger partial charge in [0.1, 0.15) is 5.82 Å². The normalized spacial score (nSPS) is 15.6. The van der Waals surface area contributed by atoms with Crippen molar-refractivity contribution in [3.05, 3.63) is 58.9 Å². The highest BCUT2D eigenvalue weighted by Gasteiger charge is 2.26. The third-order valence-corrected chi connectivity index (χ3v) is 5.73. The molecule has 1 aliphatic rings. The van der Waals surface area contributed by atoms with Gasteiger partial charge in [0.2, 0.25) is 5.96 Å². The SMILES string of the molecule is NC(N)=NN=C(c1c(-c2ccc(F)c(Cl)c2)[nH]c2ccccc12)C1CCCCC1. The molecule has 0 saturated heterocycles. The van der Waals surface area contributed by atoms with E-state index in [0.29, 0.717) is 0 Å². The van der Waals surface area contributed by atoms with Crippen molar-refractivity contribution in [2.45, 2.75) is 32.1 Å². The van der Waals surface area contributed by atoms with Crippen molar-refractivity contribution >= 4 is 34.2 Å². The van der Waals surface area contributed by atoms with Crippen molar-refractivity contribution in [2.24, 2.45) is 27.6 Å². The number of nitrogens with one attached hydrogen (secondary N) is 1. The molecule has 0 atom stereocenters. The Morgan fingerprint density at radius 1 is 1.03 bits per heavy atom. The number of aromatic nitrogens is 1. The summed E-state index contributed by atoms with van der Waals surface area (Å²) in [6.45, 7) is 0. The molecule has 0 spiro atoms. The fourth-order valence-electron chi connectivity index (χ4n) is 4.10. The Bertz CT molecular complexity index is 1090. The Hall–Kier alpha value is -2.86. The lowest BCUT2D eigenvalue weighted by Crippen LogP contribution is -2.23. The van der Waals surface area contributed by atoms with Crippen LogP contribution in [0.3, 0.4) is 0 Å². The number of rotatable bonds is 4. The number of nitrogens with two attached hydrogens (primary N) is 2. The van der Waals surface area contributed by atoms with Crippen LogP contribution in [0.2, 0.25) is 5.02 Å². The molecule has 2 aromatic carbocycles. The molecule has 1 heterocycles. The fraction of sp³-hybridized carbons (Fsp3) is 0.273. The summed E-state index contributed by atoms with van der Waals surface area (Å²) in [5, 5.41) is 9.59. The van der Waals surface area contributed by atoms with E-state index in [1.54, 1.807) is 12.1 Å². The molecule has 29 heavy (non-hydrogen) atoms. The zero-order valence-corrected chi connectivity index (χ0v) is 16.7. The number of para-hydroxylation sites is 1. The number of halogens is 2. The number of fused-ring (bicyclic) bond motifs is 1. The lowest BCUT2D eigenvalue weighted by atomic mass is 9.82. The summed E-state index contributed by atoms with van der Waals surface area (Å²) in [6, 6.07) is 12.7. The summed E-state index contributed by atoms with van der Waals surface area (Å²) in [4.78, 5) is 3.46. The lowest BCUT2D eigenvalue weighted by Gasteiger charge is -2.23. The minimum absolute atomic E-state index is 0.0764. The first-order chi connectivity index (χ1) is 14.0. The highest BCUT2D eigenvalue weighted by atomic mass is 35.5. The quantitative estimate of drug-likeness (QED) is 0.313. The molecule has 1 saturated carbocycles. The molecule has 1 aliphatic carbocycles. The first-order valence-corrected chi connectivity index (χ1v) is 10.2. The van der Waals surface area contributed by atoms with Crippen molar-refractivity contribution in [3.63, 3.8) is 0 Å². The van der Waals surface area contributed by atoms with E-state index in [2.05, 4.69) is 15.2 Å². The van der Waals surface area contributed by atoms with Crippen LogP contribution in [-0.2, 0) is 0 Å². The van der Waals surface area contributed by atoms with Gasteiger partial charge in [-0.15, -0.1) is 5.10 Å². The molecule has 3 aromatic rings. The number of H-pyrrole nitrogens is 1. The Labute approximate surface area is 173 Å². The van der Waals surface area contributed by atoms with Crippen LogP contribution in [-0.4, -0.2) is 16.7 Å². The monoisotopic (exact) mass is 411 g/mol. The fourth-order valence-corrected chi connectivity index (χ4v) is 4.28. The van der Waals surface area contributed by atoms with Crippen LogP contribution in [0.25, 0.3) is 22.2 Å². The van der Waals surface area contributed by atoms with Crippen LogP contribution in [0, 0.1) is 11.7 Å². The maximum atomic E-state index is 13.8. The highest BCUT2D eigenvalue weighted by Crippen LogP contribution is 2.37. The predicted octanol–water partition coefficient (Wildman–Crippen LogP) is 5.19. The largest absolute Gasteiger partial charge is 0.369 e. The summed E-state index contributed by atoms with van der Waals surface area (Å²) in [5.74, 6) is -0.278. The second kappa shape index (κ2) is 8.25. The highest BCUT2D eigenvalue weighted by molar-refractivity contribution is 6.31. The molecule has 7 heteroatoms. The summed E-state index contributed by atoms with van der Waals surface area (Å²) >= 11 is 6.07. The molecule has 0 amide bonds. The summed E-state index contributed by atoms with van der Waals surface area (Å²) in [5.41, 5.74) is 15.5. The van der Waals surface area contributed by atoms with E-state index >= 15 is 0 Å². The van der Waals surface area contributed by atoms with Crippen molar-refractivity contribution in [2.75, 3.05) is 0 Å². The third-order valence-electron chi connectivity index (χ3n) is 5.44. The first kappa shape index (κ1) is 19.5. The average molecular weight is 412 g/mol. The molecular formula is C22H23ClFN5. The predicted molar refractivity (Wildman–Crippen MR) is 118 cm³/mol. The van der Waals surface area contributed by atoms with Gasteiger partial charge in [0.15, 0.2) is 0 Å². The van der Waals surface area contributed by atoms with Gasteiger partial charge < -0.3 is 16.5 Å². The molecule has 4 rings (SSSR count). The summed E-state index contributed by atoms with van der Waals surface area (Å²) in [6.07, 6.45) is 5.57. The van der Waals surface area contributed by atoms with E-state index in [0.717, 1.165) is 59.1 Å². The molecule has 0 aliphatic heterocycles. The molecular weight excluding hydrogens is 389 g/mol. The van der Waals surface area contributed by atoms with Crippen LogP contribution in [0.4, 0.5) is 4.39 Å². The van der Waals surface area contributed by atoms with Gasteiger partial charge in [-0.2, -0.15) is 5.10 Å². The number of aromatic amines is 1. The summed E-state index contributed by atoms with van der Waals surface area (Å²) in [7, 11) is 0. The minimum Gasteiger partial charge on any atom is -0.369 e. The Morgan fingerprint density at radius 3 is 2.52 bits per heavy atom. The standard InChI is InChI=1S/C22H23ClFN5/c23-16-12-14(10-11-17(16)24)20-19(15-8-4-5-9-18(15)27-20)21(28-29-22(25)26)13-6-2-1-3-7-13/h4-5,8-13,27H,1-3,6-7H2,(H4,25,26,29). The molecule has 0 radical (unpaired) electrons. The third kappa shape index (κ3) is 3.98. The van der Waals surface area contributed by atoms with E-state index in [-0.39, 0.29) is 16.9 Å². The van der Waals surface area contributed by atoms with Gasteiger partial charge in [-0.25, -0.2) is 4.39 Å². The Morgan fingerprint density at radius 2 is 1.79 bits per heavy atom. The smallest absolute Gasteiger partial charge is 0.211 e. The van der Waals surface area contributed by atoms with Gasteiger partial charge in [0, 0.05) is 27.9 Å². The Kier molecular flexibility index (Phi) is 5.53. The van der Waals surface area contributed by atoms with Crippen molar-refractivity contribution in [3.8, 4) is 11.3 Å². The van der Waals surface area contributed by atoms with E-state index in [9.17, 15) is 4.39 Å². The molecule has 150 valence electrons. The van der Waals surface area contributed by atoms with Gasteiger partial charge in [-0.05, 0) is 37.1 Å². The Balaban J connectivity index is 1.97. The van der Waals surface area contributed by atoms with Crippen molar-refractivity contribution in [1.82, 2.24) is 4.98 Å². The van der Waals surface area contributed by atoms with Crippen molar-refractivity contribution < 1.29 is 4.39 Å². The average Bonchev–Trinajstić information content (AvgIpc) is 3.10. The molecule has 0 unspecified atom stereocenters. The van der Waals surface area contributed by atoms with Gasteiger partial charge in [0.05, 0.1) is 16.4 Å². The number of hydrogen-bond donors (Lipinski definition) is 3. The number of nitrogens with zero attached hydrogens (tertiary/aromatic N) is 2. The van der Waals surface area contributed by atoms with Crippen LogP contribution < -0.4 is 11.5 Å². The second-order valence-electron chi connectivity index (χ2n) is 7.39. The minimum atomic E-state index is -0.449. The van der Waals surface area contributed by atoms with Gasteiger partial charge in [-0.3, -0.25) is 0 Å². The van der Waals surface area contributed by atoms with Crippen LogP contribution in [0.1, 0.15) is 37.7 Å². The summed E-state index contributed by atoms with van der Waals surface area (Å²) < 4.78 is 13.8. The van der Waals surface area contributed by atoms with Gasteiger partial charge in [-0.1, -0.05) is 49.1 Å². The topological polar surface area (TPSA) is 92.6 Å². The lowest BCUT2D eigenvalue weighted by molar-refractivity contribution is 0.439. The molecule has 5 N–H and O–H groups in total. The second-order valence-corrected chi connectivity index (χ2v) is 7.80. The van der Waals surface area contributed by atoms with E-state index in [1.807, 2.05) is 24.3 Å². The molecule has 5 nitrogen and oxygen atoms in total. The van der Waals surface area contributed by atoms with Gasteiger partial charge >= 0.3 is 0 Å². The molecule has 1 aromatic heterocycles. The van der Waals surface area contributed by atoms with Crippen molar-refractivity contribution in [1.29, 1.82) is 0 Å². The van der Waals surface area contributed by atoms with E-state index in [1.165, 1.54) is 12.5 Å². The molecule has 1 fully saturated rings.